The molecule has 1 amide bonds. The summed E-state index contributed by atoms with van der Waals surface area (Å²) >= 11 is 0. The SMILES string of the molecule is Cc1c(C(=O)N2CCc3ccccc3C2)nn2c1OCC2. The maximum absolute atomic E-state index is 12.7. The Morgan fingerprint density at radius 3 is 2.86 bits per heavy atom. The van der Waals surface area contributed by atoms with Gasteiger partial charge in [-0.05, 0) is 24.5 Å². The molecule has 0 atom stereocenters. The van der Waals surface area contributed by atoms with E-state index in [1.165, 1.54) is 11.1 Å². The second kappa shape index (κ2) is 4.62. The average molecular weight is 283 g/mol. The molecule has 0 bridgehead atoms. The van der Waals surface area contributed by atoms with Crippen LogP contribution in [0, 0.1) is 6.92 Å². The van der Waals surface area contributed by atoms with Crippen LogP contribution in [0.4, 0.5) is 0 Å². The molecule has 1 aromatic heterocycles. The Balaban J connectivity index is 1.62. The summed E-state index contributed by atoms with van der Waals surface area (Å²) in [4.78, 5) is 14.6. The Kier molecular flexibility index (Phi) is 2.74. The molecule has 0 radical (unpaired) electrons. The number of fused-ring (bicyclic) bond motifs is 2. The third-order valence-corrected chi connectivity index (χ3v) is 4.29. The molecule has 0 saturated heterocycles. The smallest absolute Gasteiger partial charge is 0.275 e. The maximum atomic E-state index is 12.7. The number of ether oxygens (including phenoxy) is 1. The molecular formula is C16H17N3O2. The molecule has 2 aromatic rings. The zero-order valence-corrected chi connectivity index (χ0v) is 12.0. The fraction of sp³-hybridized carbons (Fsp3) is 0.375. The van der Waals surface area contributed by atoms with Gasteiger partial charge in [0.15, 0.2) is 5.69 Å². The van der Waals surface area contributed by atoms with Crippen LogP contribution in [0.3, 0.4) is 0 Å². The van der Waals surface area contributed by atoms with Crippen LogP contribution >= 0.6 is 0 Å². The van der Waals surface area contributed by atoms with Gasteiger partial charge in [0.2, 0.25) is 5.88 Å². The normalized spacial score (nSPS) is 16.3. The summed E-state index contributed by atoms with van der Waals surface area (Å²) < 4.78 is 7.33. The molecule has 108 valence electrons. The first-order valence-electron chi connectivity index (χ1n) is 7.30. The van der Waals surface area contributed by atoms with Gasteiger partial charge in [0.25, 0.3) is 5.91 Å². The highest BCUT2D eigenvalue weighted by atomic mass is 16.5. The first-order valence-corrected chi connectivity index (χ1v) is 7.30. The minimum atomic E-state index is 0.00695. The topological polar surface area (TPSA) is 47.4 Å². The highest BCUT2D eigenvalue weighted by Crippen LogP contribution is 2.27. The van der Waals surface area contributed by atoms with Crippen molar-refractivity contribution >= 4 is 5.91 Å². The Morgan fingerprint density at radius 2 is 2.05 bits per heavy atom. The zero-order valence-electron chi connectivity index (χ0n) is 12.0. The average Bonchev–Trinajstić information content (AvgIpc) is 3.09. The molecular weight excluding hydrogens is 266 g/mol. The monoisotopic (exact) mass is 283 g/mol. The molecule has 2 aliphatic rings. The van der Waals surface area contributed by atoms with E-state index in [1.807, 2.05) is 17.9 Å². The van der Waals surface area contributed by atoms with Crippen molar-refractivity contribution in [1.82, 2.24) is 14.7 Å². The molecule has 0 saturated carbocycles. The molecule has 1 aromatic carbocycles. The van der Waals surface area contributed by atoms with Crippen LogP contribution in [0.15, 0.2) is 24.3 Å². The molecule has 0 spiro atoms. The van der Waals surface area contributed by atoms with E-state index in [1.54, 1.807) is 4.68 Å². The number of benzene rings is 1. The molecule has 0 fully saturated rings. The summed E-state index contributed by atoms with van der Waals surface area (Å²) in [6, 6.07) is 8.31. The van der Waals surface area contributed by atoms with Crippen LogP contribution in [-0.2, 0) is 19.5 Å². The Hall–Kier alpha value is -2.30. The van der Waals surface area contributed by atoms with Gasteiger partial charge < -0.3 is 9.64 Å². The first-order chi connectivity index (χ1) is 10.2. The van der Waals surface area contributed by atoms with Gasteiger partial charge in [-0.15, -0.1) is 0 Å². The molecule has 0 aliphatic carbocycles. The third-order valence-electron chi connectivity index (χ3n) is 4.29. The summed E-state index contributed by atoms with van der Waals surface area (Å²) in [5.74, 6) is 0.753. The van der Waals surface area contributed by atoms with Crippen LogP contribution in [0.2, 0.25) is 0 Å². The van der Waals surface area contributed by atoms with E-state index in [2.05, 4.69) is 23.3 Å². The highest BCUT2D eigenvalue weighted by molar-refractivity contribution is 5.94. The van der Waals surface area contributed by atoms with Crippen molar-refractivity contribution in [3.63, 3.8) is 0 Å². The van der Waals surface area contributed by atoms with E-state index >= 15 is 0 Å². The first kappa shape index (κ1) is 12.4. The Morgan fingerprint density at radius 1 is 1.24 bits per heavy atom. The number of hydrogen-bond acceptors (Lipinski definition) is 3. The van der Waals surface area contributed by atoms with Crippen molar-refractivity contribution in [3.8, 4) is 5.88 Å². The lowest BCUT2D eigenvalue weighted by atomic mass is 9.99. The lowest BCUT2D eigenvalue weighted by molar-refractivity contribution is 0.0726. The number of aromatic nitrogens is 2. The molecule has 2 aliphatic heterocycles. The van der Waals surface area contributed by atoms with Gasteiger partial charge in [-0.2, -0.15) is 5.10 Å². The molecule has 0 N–H and O–H groups in total. The van der Waals surface area contributed by atoms with Gasteiger partial charge in [-0.1, -0.05) is 24.3 Å². The van der Waals surface area contributed by atoms with E-state index in [0.29, 0.717) is 18.8 Å². The zero-order chi connectivity index (χ0) is 14.4. The second-order valence-electron chi connectivity index (χ2n) is 5.60. The fourth-order valence-corrected chi connectivity index (χ4v) is 3.12. The molecule has 21 heavy (non-hydrogen) atoms. The van der Waals surface area contributed by atoms with E-state index in [0.717, 1.165) is 31.0 Å². The van der Waals surface area contributed by atoms with Crippen LogP contribution < -0.4 is 4.74 Å². The van der Waals surface area contributed by atoms with Gasteiger partial charge in [-0.25, -0.2) is 4.68 Å². The summed E-state index contributed by atoms with van der Waals surface area (Å²) in [5, 5.41) is 4.42. The highest BCUT2D eigenvalue weighted by Gasteiger charge is 2.29. The van der Waals surface area contributed by atoms with E-state index < -0.39 is 0 Å². The summed E-state index contributed by atoms with van der Waals surface area (Å²) in [7, 11) is 0. The van der Waals surface area contributed by atoms with Crippen molar-refractivity contribution in [2.75, 3.05) is 13.2 Å². The van der Waals surface area contributed by atoms with E-state index in [9.17, 15) is 4.79 Å². The summed E-state index contributed by atoms with van der Waals surface area (Å²) in [6.45, 7) is 4.70. The van der Waals surface area contributed by atoms with Gasteiger partial charge in [0.1, 0.15) is 6.61 Å². The number of nitrogens with zero attached hydrogens (tertiary/aromatic N) is 3. The lowest BCUT2D eigenvalue weighted by Crippen LogP contribution is -2.36. The number of carbonyl (C=O) groups is 1. The van der Waals surface area contributed by atoms with Crippen molar-refractivity contribution in [2.45, 2.75) is 26.4 Å². The van der Waals surface area contributed by atoms with Crippen molar-refractivity contribution in [3.05, 3.63) is 46.6 Å². The van der Waals surface area contributed by atoms with Gasteiger partial charge in [-0.3, -0.25) is 4.79 Å². The molecule has 4 rings (SSSR count). The van der Waals surface area contributed by atoms with Crippen molar-refractivity contribution in [1.29, 1.82) is 0 Å². The van der Waals surface area contributed by atoms with Gasteiger partial charge in [0.05, 0.1) is 6.54 Å². The van der Waals surface area contributed by atoms with Crippen molar-refractivity contribution in [2.24, 2.45) is 0 Å². The van der Waals surface area contributed by atoms with E-state index in [4.69, 9.17) is 4.74 Å². The minimum Gasteiger partial charge on any atom is -0.476 e. The molecule has 0 unspecified atom stereocenters. The molecule has 5 nitrogen and oxygen atoms in total. The van der Waals surface area contributed by atoms with Crippen LogP contribution in [0.1, 0.15) is 27.2 Å². The number of carbonyl (C=O) groups excluding carboxylic acids is 1. The summed E-state index contributed by atoms with van der Waals surface area (Å²) in [5.41, 5.74) is 3.96. The largest absolute Gasteiger partial charge is 0.476 e. The summed E-state index contributed by atoms with van der Waals surface area (Å²) in [6.07, 6.45) is 0.908. The Labute approximate surface area is 123 Å². The minimum absolute atomic E-state index is 0.00695. The maximum Gasteiger partial charge on any atom is 0.275 e. The standard InChI is InChI=1S/C16H17N3O2/c1-11-14(17-19-8-9-21-16(11)19)15(20)18-7-6-12-4-2-3-5-13(12)10-18/h2-5H,6-10H2,1H3. The van der Waals surface area contributed by atoms with Crippen LogP contribution in [0.25, 0.3) is 0 Å². The van der Waals surface area contributed by atoms with E-state index in [-0.39, 0.29) is 5.91 Å². The van der Waals surface area contributed by atoms with Gasteiger partial charge >= 0.3 is 0 Å². The lowest BCUT2D eigenvalue weighted by Gasteiger charge is -2.28. The fourth-order valence-electron chi connectivity index (χ4n) is 3.12. The quantitative estimate of drug-likeness (QED) is 0.801. The molecule has 3 heterocycles. The van der Waals surface area contributed by atoms with Crippen LogP contribution in [-0.4, -0.2) is 33.7 Å². The predicted molar refractivity (Wildman–Crippen MR) is 77.3 cm³/mol. The van der Waals surface area contributed by atoms with Gasteiger partial charge in [0, 0.05) is 18.7 Å². The number of amides is 1. The Bertz CT molecular complexity index is 720. The van der Waals surface area contributed by atoms with Crippen molar-refractivity contribution < 1.29 is 9.53 Å². The third kappa shape index (κ3) is 1.92. The predicted octanol–water partition coefficient (Wildman–Crippen LogP) is 1.78. The van der Waals surface area contributed by atoms with Crippen LogP contribution in [0.5, 0.6) is 5.88 Å². The second-order valence-corrected chi connectivity index (χ2v) is 5.60. The number of rotatable bonds is 1. The molecule has 5 heteroatoms. The number of hydrogen-bond donors (Lipinski definition) is 0.